The van der Waals surface area contributed by atoms with E-state index in [0.717, 1.165) is 22.3 Å². The van der Waals surface area contributed by atoms with Gasteiger partial charge in [0.1, 0.15) is 11.0 Å². The van der Waals surface area contributed by atoms with Crippen LogP contribution in [-0.2, 0) is 9.59 Å². The SMILES string of the molecule is COc1ccc(Cl)cc1N1C(=O)CC(Sc2nnnn2-c2ccccc2)C1=O. The van der Waals surface area contributed by atoms with E-state index in [1.807, 2.05) is 30.3 Å². The summed E-state index contributed by atoms with van der Waals surface area (Å²) in [5, 5.41) is 11.9. The second-order valence-corrected chi connectivity index (χ2v) is 7.51. The fraction of sp³-hybridized carbons (Fsp3) is 0.167. The number of para-hydroxylation sites is 1. The van der Waals surface area contributed by atoms with Crippen LogP contribution >= 0.6 is 23.4 Å². The summed E-state index contributed by atoms with van der Waals surface area (Å²) < 4.78 is 6.81. The number of carbonyl (C=O) groups is 2. The second kappa shape index (κ2) is 7.61. The van der Waals surface area contributed by atoms with Crippen molar-refractivity contribution in [2.45, 2.75) is 16.8 Å². The monoisotopic (exact) mass is 415 g/mol. The Bertz CT molecular complexity index is 1040. The van der Waals surface area contributed by atoms with E-state index in [2.05, 4.69) is 15.5 Å². The van der Waals surface area contributed by atoms with Gasteiger partial charge in [0.05, 0.1) is 18.5 Å². The highest BCUT2D eigenvalue weighted by Crippen LogP contribution is 2.38. The van der Waals surface area contributed by atoms with Gasteiger partial charge in [-0.1, -0.05) is 41.6 Å². The van der Waals surface area contributed by atoms with Crippen LogP contribution in [-0.4, -0.2) is 44.4 Å². The molecule has 2 aromatic carbocycles. The lowest BCUT2D eigenvalue weighted by Gasteiger charge is -2.18. The van der Waals surface area contributed by atoms with Crippen LogP contribution < -0.4 is 9.64 Å². The molecule has 2 amide bonds. The highest BCUT2D eigenvalue weighted by Gasteiger charge is 2.42. The maximum Gasteiger partial charge on any atom is 0.248 e. The number of thioether (sulfide) groups is 1. The Morgan fingerprint density at radius 3 is 2.71 bits per heavy atom. The van der Waals surface area contributed by atoms with Crippen molar-refractivity contribution in [1.29, 1.82) is 0 Å². The summed E-state index contributed by atoms with van der Waals surface area (Å²) in [6.45, 7) is 0. The van der Waals surface area contributed by atoms with Crippen molar-refractivity contribution in [1.82, 2.24) is 20.2 Å². The van der Waals surface area contributed by atoms with Crippen molar-refractivity contribution < 1.29 is 14.3 Å². The summed E-state index contributed by atoms with van der Waals surface area (Å²) in [5.74, 6) is -0.300. The third-order valence-electron chi connectivity index (χ3n) is 4.18. The summed E-state index contributed by atoms with van der Waals surface area (Å²) in [6, 6.07) is 14.1. The number of amides is 2. The average Bonchev–Trinajstić information content (AvgIpc) is 3.27. The predicted molar refractivity (Wildman–Crippen MR) is 104 cm³/mol. The molecule has 0 aliphatic carbocycles. The predicted octanol–water partition coefficient (Wildman–Crippen LogP) is 2.75. The van der Waals surface area contributed by atoms with E-state index in [4.69, 9.17) is 16.3 Å². The zero-order valence-corrected chi connectivity index (χ0v) is 16.2. The number of hydrogen-bond donors (Lipinski definition) is 0. The fourth-order valence-corrected chi connectivity index (χ4v) is 4.08. The number of carbonyl (C=O) groups excluding carboxylic acids is 2. The molecule has 3 aromatic rings. The standard InChI is InChI=1S/C18H14ClN5O3S/c1-27-14-8-7-11(19)9-13(14)23-16(25)10-15(17(23)26)28-18-20-21-22-24(18)12-5-3-2-4-6-12/h2-9,15H,10H2,1H3. The normalized spacial score (nSPS) is 16.6. The van der Waals surface area contributed by atoms with Crippen molar-refractivity contribution in [2.24, 2.45) is 0 Å². The molecular formula is C18H14ClN5O3S. The molecule has 0 spiro atoms. The van der Waals surface area contributed by atoms with E-state index in [1.54, 1.807) is 12.1 Å². The zero-order chi connectivity index (χ0) is 19.7. The smallest absolute Gasteiger partial charge is 0.248 e. The highest BCUT2D eigenvalue weighted by atomic mass is 35.5. The summed E-state index contributed by atoms with van der Waals surface area (Å²) in [5.41, 5.74) is 1.09. The quantitative estimate of drug-likeness (QED) is 0.592. The van der Waals surface area contributed by atoms with Crippen LogP contribution in [0.3, 0.4) is 0 Å². The molecule has 28 heavy (non-hydrogen) atoms. The molecule has 1 unspecified atom stereocenters. The Balaban J connectivity index is 1.61. The molecule has 0 bridgehead atoms. The van der Waals surface area contributed by atoms with Gasteiger partial charge in [-0.3, -0.25) is 9.59 Å². The van der Waals surface area contributed by atoms with E-state index in [1.165, 1.54) is 17.9 Å². The van der Waals surface area contributed by atoms with Crippen LogP contribution in [0.4, 0.5) is 5.69 Å². The van der Waals surface area contributed by atoms with E-state index < -0.39 is 5.25 Å². The number of tetrazole rings is 1. The minimum atomic E-state index is -0.648. The van der Waals surface area contributed by atoms with Crippen LogP contribution in [0.1, 0.15) is 6.42 Å². The van der Waals surface area contributed by atoms with Gasteiger partial charge in [0.25, 0.3) is 0 Å². The van der Waals surface area contributed by atoms with Gasteiger partial charge in [-0.15, -0.1) is 5.10 Å². The van der Waals surface area contributed by atoms with E-state index in [-0.39, 0.29) is 18.2 Å². The fourth-order valence-electron chi connectivity index (χ4n) is 2.90. The average molecular weight is 416 g/mol. The number of rotatable bonds is 5. The Morgan fingerprint density at radius 2 is 1.96 bits per heavy atom. The lowest BCUT2D eigenvalue weighted by atomic mass is 10.2. The van der Waals surface area contributed by atoms with Crippen molar-refractivity contribution in [2.75, 3.05) is 12.0 Å². The van der Waals surface area contributed by atoms with Gasteiger partial charge < -0.3 is 4.74 Å². The summed E-state index contributed by atoms with van der Waals surface area (Å²) >= 11 is 7.20. The molecule has 1 atom stereocenters. The Morgan fingerprint density at radius 1 is 1.18 bits per heavy atom. The van der Waals surface area contributed by atoms with Crippen LogP contribution in [0.5, 0.6) is 5.75 Å². The molecular weight excluding hydrogens is 402 g/mol. The third-order valence-corrected chi connectivity index (χ3v) is 5.53. The summed E-state index contributed by atoms with van der Waals surface area (Å²) in [7, 11) is 1.47. The molecule has 1 saturated heterocycles. The number of imide groups is 1. The number of ether oxygens (including phenoxy) is 1. The number of hydrogen-bond acceptors (Lipinski definition) is 7. The first-order valence-electron chi connectivity index (χ1n) is 8.29. The first-order chi connectivity index (χ1) is 13.6. The minimum absolute atomic E-state index is 0.0286. The van der Waals surface area contributed by atoms with E-state index >= 15 is 0 Å². The maximum absolute atomic E-state index is 13.0. The lowest BCUT2D eigenvalue weighted by molar-refractivity contribution is -0.121. The molecule has 0 N–H and O–H groups in total. The number of aromatic nitrogens is 4. The van der Waals surface area contributed by atoms with Gasteiger partial charge in [0.15, 0.2) is 0 Å². The first-order valence-corrected chi connectivity index (χ1v) is 9.55. The van der Waals surface area contributed by atoms with E-state index in [9.17, 15) is 9.59 Å². The zero-order valence-electron chi connectivity index (χ0n) is 14.7. The van der Waals surface area contributed by atoms with Gasteiger partial charge in [-0.2, -0.15) is 4.68 Å². The Labute approximate surface area is 169 Å². The van der Waals surface area contributed by atoms with Crippen LogP contribution in [0.15, 0.2) is 53.7 Å². The van der Waals surface area contributed by atoms with Crippen molar-refractivity contribution in [3.63, 3.8) is 0 Å². The van der Waals surface area contributed by atoms with Crippen LogP contribution in [0, 0.1) is 0 Å². The van der Waals surface area contributed by atoms with Gasteiger partial charge in [0, 0.05) is 11.4 Å². The molecule has 8 nitrogen and oxygen atoms in total. The number of methoxy groups -OCH3 is 1. The molecule has 1 aliphatic heterocycles. The number of halogens is 1. The molecule has 10 heteroatoms. The Hall–Kier alpha value is -2.91. The highest BCUT2D eigenvalue weighted by molar-refractivity contribution is 8.00. The summed E-state index contributed by atoms with van der Waals surface area (Å²) in [6.07, 6.45) is 0.0286. The number of anilines is 1. The van der Waals surface area contributed by atoms with Crippen molar-refractivity contribution in [3.8, 4) is 11.4 Å². The van der Waals surface area contributed by atoms with Crippen LogP contribution in [0.25, 0.3) is 5.69 Å². The largest absolute Gasteiger partial charge is 0.495 e. The van der Waals surface area contributed by atoms with Gasteiger partial charge in [0.2, 0.25) is 17.0 Å². The molecule has 0 radical (unpaired) electrons. The second-order valence-electron chi connectivity index (χ2n) is 5.90. The van der Waals surface area contributed by atoms with Crippen molar-refractivity contribution >= 4 is 40.9 Å². The van der Waals surface area contributed by atoms with Crippen molar-refractivity contribution in [3.05, 3.63) is 53.6 Å². The van der Waals surface area contributed by atoms with Gasteiger partial charge in [-0.25, -0.2) is 4.90 Å². The van der Waals surface area contributed by atoms with E-state index in [0.29, 0.717) is 21.6 Å². The number of benzene rings is 2. The molecule has 1 aliphatic rings. The summed E-state index contributed by atoms with van der Waals surface area (Å²) in [4.78, 5) is 26.7. The molecule has 1 fully saturated rings. The first kappa shape index (κ1) is 18.5. The van der Waals surface area contributed by atoms with Crippen LogP contribution in [0.2, 0.25) is 5.02 Å². The Kier molecular flexibility index (Phi) is 5.01. The van der Waals surface area contributed by atoms with Gasteiger partial charge in [-0.05, 0) is 40.8 Å². The molecule has 2 heterocycles. The molecule has 142 valence electrons. The minimum Gasteiger partial charge on any atom is -0.495 e. The number of nitrogens with zero attached hydrogens (tertiary/aromatic N) is 5. The lowest BCUT2D eigenvalue weighted by Crippen LogP contribution is -2.31. The topological polar surface area (TPSA) is 90.2 Å². The third kappa shape index (κ3) is 3.34. The van der Waals surface area contributed by atoms with Gasteiger partial charge >= 0.3 is 0 Å². The maximum atomic E-state index is 13.0. The molecule has 0 saturated carbocycles. The molecule has 4 rings (SSSR count). The molecule has 1 aromatic heterocycles.